The number of hydrogen-bond donors (Lipinski definition) is 1. The van der Waals surface area contributed by atoms with Gasteiger partial charge in [0.2, 0.25) is 6.41 Å². The van der Waals surface area contributed by atoms with Gasteiger partial charge in [0.25, 0.3) is 5.91 Å². The van der Waals surface area contributed by atoms with Crippen molar-refractivity contribution in [3.63, 3.8) is 0 Å². The van der Waals surface area contributed by atoms with Gasteiger partial charge in [-0.2, -0.15) is 0 Å². The van der Waals surface area contributed by atoms with Crippen LogP contribution >= 0.6 is 0 Å². The lowest BCUT2D eigenvalue weighted by atomic mass is 9.87. The van der Waals surface area contributed by atoms with Crippen LogP contribution in [0.1, 0.15) is 60.3 Å². The van der Waals surface area contributed by atoms with Crippen LogP contribution in [0.15, 0.2) is 36.5 Å². The van der Waals surface area contributed by atoms with Crippen LogP contribution in [0.4, 0.5) is 5.82 Å². The second-order valence-corrected chi connectivity index (χ2v) is 7.26. The molecular formula is C22H30N4O2. The number of carbonyl (C=O) groups is 2. The van der Waals surface area contributed by atoms with E-state index in [-0.39, 0.29) is 0 Å². The standard InChI is InChI=1S/C15H22N2O.C7H8N2O/c1-13-6-5-10-16-15(13)17(12-18)11-9-14-7-3-2-4-8-14;1-5-3-2-4-6(9-5)7(8)10/h5-6,10,12,14H,2-4,7-9,11H2,1H3;2-4H,1H3,(H2,8,10). The highest BCUT2D eigenvalue weighted by Crippen LogP contribution is 2.27. The summed E-state index contributed by atoms with van der Waals surface area (Å²) in [5.41, 5.74) is 7.17. The van der Waals surface area contributed by atoms with Gasteiger partial charge in [-0.1, -0.05) is 44.2 Å². The summed E-state index contributed by atoms with van der Waals surface area (Å²) in [6.07, 6.45) is 10.5. The van der Waals surface area contributed by atoms with E-state index in [1.165, 1.54) is 32.1 Å². The number of anilines is 1. The summed E-state index contributed by atoms with van der Waals surface area (Å²) in [5, 5.41) is 0. The first-order valence-corrected chi connectivity index (χ1v) is 9.88. The van der Waals surface area contributed by atoms with Gasteiger partial charge in [0.1, 0.15) is 11.5 Å². The Balaban J connectivity index is 0.000000237. The first kappa shape index (κ1) is 21.5. The van der Waals surface area contributed by atoms with E-state index in [0.29, 0.717) is 5.69 Å². The molecule has 0 atom stereocenters. The first-order chi connectivity index (χ1) is 13.5. The molecule has 3 rings (SSSR count). The van der Waals surface area contributed by atoms with Crippen molar-refractivity contribution in [1.29, 1.82) is 0 Å². The smallest absolute Gasteiger partial charge is 0.267 e. The van der Waals surface area contributed by atoms with Crippen LogP contribution in [0, 0.1) is 19.8 Å². The minimum absolute atomic E-state index is 0.319. The fourth-order valence-corrected chi connectivity index (χ4v) is 3.46. The van der Waals surface area contributed by atoms with Crippen LogP contribution in [0.25, 0.3) is 0 Å². The number of aromatic nitrogens is 2. The highest BCUT2D eigenvalue weighted by atomic mass is 16.1. The molecule has 6 nitrogen and oxygen atoms in total. The molecule has 2 heterocycles. The zero-order chi connectivity index (χ0) is 20.4. The molecule has 1 fully saturated rings. The van der Waals surface area contributed by atoms with Gasteiger partial charge in [-0.05, 0) is 49.9 Å². The quantitative estimate of drug-likeness (QED) is 0.769. The Morgan fingerprint density at radius 1 is 1.18 bits per heavy atom. The van der Waals surface area contributed by atoms with Crippen molar-refractivity contribution in [3.8, 4) is 0 Å². The van der Waals surface area contributed by atoms with E-state index in [4.69, 9.17) is 5.73 Å². The predicted molar refractivity (Wildman–Crippen MR) is 111 cm³/mol. The summed E-state index contributed by atoms with van der Waals surface area (Å²) in [5.74, 6) is 1.12. The van der Waals surface area contributed by atoms with E-state index in [1.807, 2.05) is 32.0 Å². The molecule has 0 saturated heterocycles. The Hall–Kier alpha value is -2.76. The maximum absolute atomic E-state index is 11.2. The van der Waals surface area contributed by atoms with Crippen LogP contribution < -0.4 is 10.6 Å². The molecule has 2 aromatic rings. The molecule has 0 radical (unpaired) electrons. The van der Waals surface area contributed by atoms with Crippen LogP contribution in [0.3, 0.4) is 0 Å². The summed E-state index contributed by atoms with van der Waals surface area (Å²) in [7, 11) is 0. The monoisotopic (exact) mass is 382 g/mol. The van der Waals surface area contributed by atoms with Gasteiger partial charge in [-0.15, -0.1) is 0 Å². The van der Waals surface area contributed by atoms with Crippen LogP contribution in [0.5, 0.6) is 0 Å². The van der Waals surface area contributed by atoms with Crippen molar-refractivity contribution < 1.29 is 9.59 Å². The normalized spacial score (nSPS) is 13.9. The number of carbonyl (C=O) groups excluding carboxylic acids is 2. The number of primary amides is 1. The summed E-state index contributed by atoms with van der Waals surface area (Å²) < 4.78 is 0. The van der Waals surface area contributed by atoms with Gasteiger partial charge in [0.15, 0.2) is 0 Å². The van der Waals surface area contributed by atoms with Gasteiger partial charge < -0.3 is 5.73 Å². The van der Waals surface area contributed by atoms with Crippen molar-refractivity contribution >= 4 is 18.1 Å². The van der Waals surface area contributed by atoms with Gasteiger partial charge in [-0.3, -0.25) is 14.5 Å². The van der Waals surface area contributed by atoms with Crippen molar-refractivity contribution in [2.24, 2.45) is 11.7 Å². The fraction of sp³-hybridized carbons (Fsp3) is 0.455. The second kappa shape index (κ2) is 11.2. The summed E-state index contributed by atoms with van der Waals surface area (Å²) in [4.78, 5) is 31.7. The minimum Gasteiger partial charge on any atom is -0.364 e. The summed E-state index contributed by atoms with van der Waals surface area (Å²) in [6, 6.07) is 9.06. The number of pyridine rings is 2. The molecule has 0 aromatic carbocycles. The van der Waals surface area contributed by atoms with E-state index in [2.05, 4.69) is 9.97 Å². The molecule has 6 heteroatoms. The van der Waals surface area contributed by atoms with Gasteiger partial charge in [0, 0.05) is 18.4 Å². The topological polar surface area (TPSA) is 89.2 Å². The van der Waals surface area contributed by atoms with Crippen molar-refractivity contribution in [3.05, 3.63) is 53.5 Å². The number of hydrogen-bond acceptors (Lipinski definition) is 4. The molecule has 1 aliphatic carbocycles. The molecule has 0 aliphatic heterocycles. The Morgan fingerprint density at radius 3 is 2.50 bits per heavy atom. The van der Waals surface area contributed by atoms with Crippen LogP contribution in [-0.2, 0) is 4.79 Å². The Labute approximate surface area is 167 Å². The van der Waals surface area contributed by atoms with E-state index < -0.39 is 5.91 Å². The van der Waals surface area contributed by atoms with E-state index in [1.54, 1.807) is 23.2 Å². The number of rotatable bonds is 6. The highest BCUT2D eigenvalue weighted by Gasteiger charge is 2.16. The van der Waals surface area contributed by atoms with Gasteiger partial charge >= 0.3 is 0 Å². The van der Waals surface area contributed by atoms with Crippen molar-refractivity contribution in [2.45, 2.75) is 52.4 Å². The maximum atomic E-state index is 11.2. The maximum Gasteiger partial charge on any atom is 0.267 e. The zero-order valence-electron chi connectivity index (χ0n) is 16.8. The third kappa shape index (κ3) is 6.76. The molecule has 28 heavy (non-hydrogen) atoms. The van der Waals surface area contributed by atoms with Crippen LogP contribution in [0.2, 0.25) is 0 Å². The average Bonchev–Trinajstić information content (AvgIpc) is 2.71. The third-order valence-electron chi connectivity index (χ3n) is 5.02. The molecule has 0 spiro atoms. The summed E-state index contributed by atoms with van der Waals surface area (Å²) in [6.45, 7) is 4.61. The van der Waals surface area contributed by atoms with E-state index in [0.717, 1.165) is 42.4 Å². The minimum atomic E-state index is -0.483. The lowest BCUT2D eigenvalue weighted by Crippen LogP contribution is -2.26. The molecule has 2 aromatic heterocycles. The molecular weight excluding hydrogens is 352 g/mol. The van der Waals surface area contributed by atoms with Crippen LogP contribution in [-0.4, -0.2) is 28.8 Å². The number of nitrogens with zero attached hydrogens (tertiary/aromatic N) is 3. The highest BCUT2D eigenvalue weighted by molar-refractivity contribution is 5.90. The Morgan fingerprint density at radius 2 is 1.93 bits per heavy atom. The second-order valence-electron chi connectivity index (χ2n) is 7.26. The third-order valence-corrected chi connectivity index (χ3v) is 5.02. The Kier molecular flexibility index (Phi) is 8.59. The SMILES string of the molecule is Cc1cccc(C(N)=O)n1.Cc1cccnc1N(C=O)CCC1CCCCC1. The lowest BCUT2D eigenvalue weighted by molar-refractivity contribution is -0.107. The van der Waals surface area contributed by atoms with Gasteiger partial charge in [0.05, 0.1) is 0 Å². The lowest BCUT2D eigenvalue weighted by Gasteiger charge is -2.24. The number of aryl methyl sites for hydroxylation is 2. The molecule has 2 N–H and O–H groups in total. The van der Waals surface area contributed by atoms with E-state index >= 15 is 0 Å². The fourth-order valence-electron chi connectivity index (χ4n) is 3.46. The number of nitrogens with two attached hydrogens (primary N) is 1. The molecule has 1 aliphatic rings. The zero-order valence-corrected chi connectivity index (χ0v) is 16.8. The van der Waals surface area contributed by atoms with Crippen molar-refractivity contribution in [2.75, 3.05) is 11.4 Å². The first-order valence-electron chi connectivity index (χ1n) is 9.88. The molecule has 0 bridgehead atoms. The number of amides is 2. The van der Waals surface area contributed by atoms with Crippen molar-refractivity contribution in [1.82, 2.24) is 9.97 Å². The average molecular weight is 383 g/mol. The summed E-state index contributed by atoms with van der Waals surface area (Å²) >= 11 is 0. The predicted octanol–water partition coefficient (Wildman–Crippen LogP) is 3.81. The molecule has 0 unspecified atom stereocenters. The Bertz CT molecular complexity index is 773. The molecule has 1 saturated carbocycles. The van der Waals surface area contributed by atoms with Gasteiger partial charge in [-0.25, -0.2) is 9.97 Å². The molecule has 150 valence electrons. The molecule has 2 amide bonds. The van der Waals surface area contributed by atoms with E-state index in [9.17, 15) is 9.59 Å². The largest absolute Gasteiger partial charge is 0.364 e.